The van der Waals surface area contributed by atoms with Crippen molar-refractivity contribution in [2.24, 2.45) is 64.3 Å². The van der Waals surface area contributed by atoms with Crippen molar-refractivity contribution in [3.8, 4) is 0 Å². The third-order valence-corrected chi connectivity index (χ3v) is 10.2. The van der Waals surface area contributed by atoms with Crippen LogP contribution in [0.1, 0.15) is 12.8 Å². The van der Waals surface area contributed by atoms with Crippen molar-refractivity contribution in [1.29, 1.82) is 0 Å². The van der Waals surface area contributed by atoms with Gasteiger partial charge in [0.15, 0.2) is 0 Å². The number of nitrogens with one attached hydrogen (secondary N) is 1. The van der Waals surface area contributed by atoms with Crippen LogP contribution in [0.3, 0.4) is 0 Å². The quantitative estimate of drug-likeness (QED) is 0.632. The van der Waals surface area contributed by atoms with E-state index >= 15 is 0 Å². The van der Waals surface area contributed by atoms with Crippen molar-refractivity contribution in [3.63, 3.8) is 0 Å². The van der Waals surface area contributed by atoms with Crippen LogP contribution >= 0.6 is 0 Å². The van der Waals surface area contributed by atoms with Crippen LogP contribution in [0.4, 0.5) is 0 Å². The molecule has 28 heavy (non-hydrogen) atoms. The van der Waals surface area contributed by atoms with Gasteiger partial charge in [-0.3, -0.25) is 4.79 Å². The standard InChI is InChI=1S/C22H22N2O3S/c25-16-9-14-13-8-15(23-24-28(26,27)10-4-2-1-3-5-10)18-11-6-7-12-17(11)22(20(13)18)21(14)19(12)16/h1-7,11-14,17-22,24H,8-9H2/b23-15-/t11-,12-,13+,14+,17+,18+,19+,20-,21+,22-/m0/s1. The molecule has 0 aromatic heterocycles. The number of carbonyl (C=O) groups excluding carboxylic acids is 1. The smallest absolute Gasteiger partial charge is 0.276 e. The lowest BCUT2D eigenvalue weighted by molar-refractivity contribution is -0.122. The second-order valence-electron chi connectivity index (χ2n) is 9.61. The maximum atomic E-state index is 12.7. The van der Waals surface area contributed by atoms with E-state index in [-0.39, 0.29) is 10.8 Å². The number of benzene rings is 1. The Balaban J connectivity index is 1.26. The van der Waals surface area contributed by atoms with Gasteiger partial charge in [-0.2, -0.15) is 13.5 Å². The van der Waals surface area contributed by atoms with Gasteiger partial charge in [-0.25, -0.2) is 4.83 Å². The van der Waals surface area contributed by atoms with Crippen molar-refractivity contribution in [1.82, 2.24) is 4.83 Å². The molecule has 10 atom stereocenters. The number of hydrazone groups is 1. The van der Waals surface area contributed by atoms with Crippen LogP contribution in [-0.4, -0.2) is 19.9 Å². The van der Waals surface area contributed by atoms with Crippen LogP contribution in [0.5, 0.6) is 0 Å². The second-order valence-corrected chi connectivity index (χ2v) is 11.3. The van der Waals surface area contributed by atoms with Crippen molar-refractivity contribution >= 4 is 21.5 Å². The summed E-state index contributed by atoms with van der Waals surface area (Å²) in [6, 6.07) is 8.42. The molecule has 0 bridgehead atoms. The molecule has 0 amide bonds. The van der Waals surface area contributed by atoms with Gasteiger partial charge in [-0.05, 0) is 65.9 Å². The Morgan fingerprint density at radius 1 is 0.857 bits per heavy atom. The molecule has 144 valence electrons. The van der Waals surface area contributed by atoms with Gasteiger partial charge in [0.1, 0.15) is 5.78 Å². The molecule has 1 N–H and O–H groups in total. The summed E-state index contributed by atoms with van der Waals surface area (Å²) < 4.78 is 25.2. The first-order chi connectivity index (χ1) is 13.6. The predicted octanol–water partition coefficient (Wildman–Crippen LogP) is 2.47. The Morgan fingerprint density at radius 3 is 2.32 bits per heavy atom. The van der Waals surface area contributed by atoms with E-state index in [4.69, 9.17) is 0 Å². The Bertz CT molecular complexity index is 1060. The molecular weight excluding hydrogens is 372 g/mol. The molecule has 0 spiro atoms. The SMILES string of the molecule is O=C1C[C@@H]2[C@H]3C/C(=N/NS(=O)(=O)c4ccccc4)[C@H]4[C@H]5C=C[C@@H]6[C@H]1[C@@H]2[C@@H]([C@@H]65)[C@@H]34. The average molecular weight is 394 g/mol. The van der Waals surface area contributed by atoms with Gasteiger partial charge in [-0.1, -0.05) is 30.4 Å². The highest BCUT2D eigenvalue weighted by molar-refractivity contribution is 7.89. The first-order valence-corrected chi connectivity index (χ1v) is 11.9. The van der Waals surface area contributed by atoms with Crippen molar-refractivity contribution in [2.45, 2.75) is 17.7 Å². The third kappa shape index (κ3) is 1.69. The zero-order valence-electron chi connectivity index (χ0n) is 15.3. The van der Waals surface area contributed by atoms with E-state index in [1.807, 2.05) is 0 Å². The molecule has 7 rings (SSSR count). The van der Waals surface area contributed by atoms with Crippen LogP contribution in [-0.2, 0) is 14.8 Å². The van der Waals surface area contributed by atoms with Crippen molar-refractivity contribution in [3.05, 3.63) is 42.5 Å². The van der Waals surface area contributed by atoms with Crippen LogP contribution in [0, 0.1) is 59.2 Å². The minimum Gasteiger partial charge on any atom is -0.299 e. The van der Waals surface area contributed by atoms with Gasteiger partial charge in [0, 0.05) is 24.0 Å². The highest BCUT2D eigenvalue weighted by Crippen LogP contribution is 2.77. The zero-order valence-corrected chi connectivity index (χ0v) is 16.1. The topological polar surface area (TPSA) is 75.6 Å². The summed E-state index contributed by atoms with van der Waals surface area (Å²) in [5.74, 6) is 5.50. The molecule has 6 aliphatic carbocycles. The average Bonchev–Trinajstić information content (AvgIpc) is 3.45. The number of sulfonamides is 1. The van der Waals surface area contributed by atoms with E-state index in [0.29, 0.717) is 59.0 Å². The van der Waals surface area contributed by atoms with Gasteiger partial charge in [0.25, 0.3) is 10.0 Å². The summed E-state index contributed by atoms with van der Waals surface area (Å²) >= 11 is 0. The number of hydrogen-bond acceptors (Lipinski definition) is 4. The van der Waals surface area contributed by atoms with Crippen molar-refractivity contribution in [2.75, 3.05) is 0 Å². The van der Waals surface area contributed by atoms with E-state index in [2.05, 4.69) is 22.1 Å². The molecular formula is C22H22N2O3S. The van der Waals surface area contributed by atoms with E-state index in [1.165, 1.54) is 0 Å². The lowest BCUT2D eigenvalue weighted by atomic mass is 9.83. The summed E-state index contributed by atoms with van der Waals surface area (Å²) in [7, 11) is -3.64. The minimum atomic E-state index is -3.64. The molecule has 1 aromatic carbocycles. The molecule has 5 fully saturated rings. The monoisotopic (exact) mass is 394 g/mol. The van der Waals surface area contributed by atoms with E-state index < -0.39 is 10.0 Å². The van der Waals surface area contributed by atoms with E-state index in [0.717, 1.165) is 18.6 Å². The minimum absolute atomic E-state index is 0.242. The van der Waals surface area contributed by atoms with Crippen LogP contribution in [0.15, 0.2) is 52.5 Å². The molecule has 6 aliphatic rings. The van der Waals surface area contributed by atoms with Gasteiger partial charge in [0.2, 0.25) is 0 Å². The fourth-order valence-corrected chi connectivity index (χ4v) is 9.38. The van der Waals surface area contributed by atoms with Gasteiger partial charge in [-0.15, -0.1) is 0 Å². The molecule has 0 aliphatic heterocycles. The number of allylic oxidation sites excluding steroid dienone is 2. The summed E-state index contributed by atoms with van der Waals surface area (Å²) in [6.45, 7) is 0. The molecule has 6 heteroatoms. The number of hydrogen-bond donors (Lipinski definition) is 1. The largest absolute Gasteiger partial charge is 0.299 e. The summed E-state index contributed by atoms with van der Waals surface area (Å²) in [5, 5.41) is 4.49. The van der Waals surface area contributed by atoms with E-state index in [9.17, 15) is 13.2 Å². The van der Waals surface area contributed by atoms with Crippen LogP contribution in [0.25, 0.3) is 0 Å². The Morgan fingerprint density at radius 2 is 1.54 bits per heavy atom. The van der Waals surface area contributed by atoms with Crippen LogP contribution in [0.2, 0.25) is 0 Å². The van der Waals surface area contributed by atoms with Crippen molar-refractivity contribution < 1.29 is 13.2 Å². The fraction of sp³-hybridized carbons (Fsp3) is 0.545. The maximum absolute atomic E-state index is 12.7. The highest BCUT2D eigenvalue weighted by atomic mass is 32.2. The highest BCUT2D eigenvalue weighted by Gasteiger charge is 2.76. The maximum Gasteiger partial charge on any atom is 0.276 e. The second kappa shape index (κ2) is 4.96. The number of rotatable bonds is 3. The fourth-order valence-electron chi connectivity index (χ4n) is 8.52. The first kappa shape index (κ1) is 15.9. The number of fused-ring (bicyclic) bond motifs is 3. The third-order valence-electron chi connectivity index (χ3n) is 8.98. The number of nitrogens with zero attached hydrogens (tertiary/aromatic N) is 1. The molecule has 0 saturated heterocycles. The summed E-state index contributed by atoms with van der Waals surface area (Å²) in [4.78, 5) is 15.5. The van der Waals surface area contributed by atoms with Gasteiger partial charge < -0.3 is 0 Å². The summed E-state index contributed by atoms with van der Waals surface area (Å²) in [5.41, 5.74) is 1.02. The number of Topliss-reactive ketones (excluding diaryl/α,β-unsaturated/α-hetero) is 1. The number of carbonyl (C=O) groups is 1. The molecule has 5 nitrogen and oxygen atoms in total. The molecule has 5 saturated carbocycles. The molecule has 0 heterocycles. The Kier molecular flexibility index (Phi) is 2.82. The summed E-state index contributed by atoms with van der Waals surface area (Å²) in [6.07, 6.45) is 6.24. The first-order valence-electron chi connectivity index (χ1n) is 10.4. The van der Waals surface area contributed by atoms with Crippen LogP contribution < -0.4 is 4.83 Å². The molecule has 1 aromatic rings. The van der Waals surface area contributed by atoms with E-state index in [1.54, 1.807) is 30.3 Å². The lowest BCUT2D eigenvalue weighted by Crippen LogP contribution is -2.26. The van der Waals surface area contributed by atoms with Gasteiger partial charge in [0.05, 0.1) is 4.90 Å². The predicted molar refractivity (Wildman–Crippen MR) is 102 cm³/mol. The molecule has 0 unspecified atom stereocenters. The zero-order chi connectivity index (χ0) is 18.8. The Labute approximate surface area is 164 Å². The Hall–Kier alpha value is -1.95. The number of ketones is 1. The lowest BCUT2D eigenvalue weighted by Gasteiger charge is -2.21. The normalized spacial score (nSPS) is 50.1. The van der Waals surface area contributed by atoms with Gasteiger partial charge >= 0.3 is 0 Å². The molecule has 0 radical (unpaired) electrons.